The van der Waals surface area contributed by atoms with Crippen molar-refractivity contribution in [1.82, 2.24) is 15.5 Å². The van der Waals surface area contributed by atoms with E-state index in [-0.39, 0.29) is 23.2 Å². The van der Waals surface area contributed by atoms with Crippen LogP contribution in [0.4, 0.5) is 0 Å². The average Bonchev–Trinajstić information content (AvgIpc) is 2.48. The van der Waals surface area contributed by atoms with Crippen LogP contribution in [-0.4, -0.2) is 28.8 Å². The van der Waals surface area contributed by atoms with Gasteiger partial charge in [-0.05, 0) is 24.1 Å². The number of para-hydroxylation sites is 1. The highest BCUT2D eigenvalue weighted by molar-refractivity contribution is 5.92. The smallest absolute Gasteiger partial charge is 0.272 e. The topological polar surface area (TPSA) is 84.1 Å². The van der Waals surface area contributed by atoms with Crippen molar-refractivity contribution in [2.24, 2.45) is 0 Å². The fourth-order valence-electron chi connectivity index (χ4n) is 2.15. The first kappa shape index (κ1) is 12.4. The van der Waals surface area contributed by atoms with Gasteiger partial charge in [-0.3, -0.25) is 9.59 Å². The van der Waals surface area contributed by atoms with Gasteiger partial charge in [-0.15, -0.1) is 0 Å². The molecule has 0 spiro atoms. The van der Waals surface area contributed by atoms with Gasteiger partial charge < -0.3 is 10.1 Å². The van der Waals surface area contributed by atoms with Crippen LogP contribution in [0.3, 0.4) is 0 Å². The lowest BCUT2D eigenvalue weighted by Gasteiger charge is -2.25. The van der Waals surface area contributed by atoms with Crippen LogP contribution in [0, 0.1) is 0 Å². The molecule has 0 bridgehead atoms. The molecule has 2 heterocycles. The van der Waals surface area contributed by atoms with Crippen molar-refractivity contribution in [3.05, 3.63) is 58.0 Å². The number of hydrogen-bond donors (Lipinski definition) is 2. The van der Waals surface area contributed by atoms with Crippen LogP contribution in [0.25, 0.3) is 0 Å². The zero-order valence-electron chi connectivity index (χ0n) is 10.6. The Balaban J connectivity index is 1.69. The lowest BCUT2D eigenvalue weighted by molar-refractivity contribution is 0.0909. The molecule has 1 unspecified atom stereocenters. The SMILES string of the molecule is O=C(NC1COc2ccccc2C1)c1ccc(=O)[nH]n1. The quantitative estimate of drug-likeness (QED) is 0.833. The minimum absolute atomic E-state index is 0.105. The number of H-pyrrole nitrogens is 1. The molecule has 0 aliphatic carbocycles. The van der Waals surface area contributed by atoms with Gasteiger partial charge in [-0.1, -0.05) is 18.2 Å². The van der Waals surface area contributed by atoms with Crippen molar-refractivity contribution in [1.29, 1.82) is 0 Å². The first-order valence-electron chi connectivity index (χ1n) is 6.30. The van der Waals surface area contributed by atoms with Crippen molar-refractivity contribution >= 4 is 5.91 Å². The molecule has 0 radical (unpaired) electrons. The van der Waals surface area contributed by atoms with Crippen molar-refractivity contribution in [2.75, 3.05) is 6.61 Å². The molecule has 1 aromatic heterocycles. The maximum absolute atomic E-state index is 12.0. The van der Waals surface area contributed by atoms with Gasteiger partial charge in [0.15, 0.2) is 0 Å². The van der Waals surface area contributed by atoms with Gasteiger partial charge in [0.2, 0.25) is 0 Å². The van der Waals surface area contributed by atoms with E-state index in [4.69, 9.17) is 4.74 Å². The molecule has 0 saturated heterocycles. The molecule has 3 rings (SSSR count). The normalized spacial score (nSPS) is 16.9. The Morgan fingerprint density at radius 2 is 2.15 bits per heavy atom. The number of rotatable bonds is 2. The summed E-state index contributed by atoms with van der Waals surface area (Å²) in [7, 11) is 0. The summed E-state index contributed by atoms with van der Waals surface area (Å²) in [4.78, 5) is 22.9. The molecule has 1 aromatic carbocycles. The summed E-state index contributed by atoms with van der Waals surface area (Å²) in [6.07, 6.45) is 0.714. The Kier molecular flexibility index (Phi) is 3.20. The minimum Gasteiger partial charge on any atom is -0.491 e. The number of aromatic amines is 1. The molecule has 6 nitrogen and oxygen atoms in total. The number of nitrogens with zero attached hydrogens (tertiary/aromatic N) is 1. The van der Waals surface area contributed by atoms with Crippen LogP contribution >= 0.6 is 0 Å². The largest absolute Gasteiger partial charge is 0.491 e. The molecule has 2 N–H and O–H groups in total. The Hall–Kier alpha value is -2.63. The van der Waals surface area contributed by atoms with Crippen LogP contribution in [0.1, 0.15) is 16.1 Å². The second-order valence-corrected chi connectivity index (χ2v) is 4.60. The molecule has 102 valence electrons. The van der Waals surface area contributed by atoms with E-state index in [0.717, 1.165) is 11.3 Å². The highest BCUT2D eigenvalue weighted by Gasteiger charge is 2.21. The van der Waals surface area contributed by atoms with Crippen molar-refractivity contribution in [3.8, 4) is 5.75 Å². The molecule has 20 heavy (non-hydrogen) atoms. The van der Waals surface area contributed by atoms with Crippen LogP contribution in [0.2, 0.25) is 0 Å². The summed E-state index contributed by atoms with van der Waals surface area (Å²) < 4.78 is 5.60. The maximum Gasteiger partial charge on any atom is 0.272 e. The molecular weight excluding hydrogens is 258 g/mol. The van der Waals surface area contributed by atoms with Crippen LogP contribution < -0.4 is 15.6 Å². The third-order valence-corrected chi connectivity index (χ3v) is 3.13. The highest BCUT2D eigenvalue weighted by atomic mass is 16.5. The number of hydrogen-bond acceptors (Lipinski definition) is 4. The van der Waals surface area contributed by atoms with E-state index >= 15 is 0 Å². The minimum atomic E-state index is -0.337. The van der Waals surface area contributed by atoms with Crippen molar-refractivity contribution in [3.63, 3.8) is 0 Å². The number of ether oxygens (including phenoxy) is 1. The standard InChI is InChI=1S/C14H13N3O3/c18-13-6-5-11(16-17-13)14(19)15-10-7-9-3-1-2-4-12(9)20-8-10/h1-6,10H,7-8H2,(H,15,19)(H,17,18). The molecule has 2 aromatic rings. The summed E-state index contributed by atoms with van der Waals surface area (Å²) >= 11 is 0. The maximum atomic E-state index is 12.0. The zero-order chi connectivity index (χ0) is 13.9. The van der Waals surface area contributed by atoms with E-state index in [1.807, 2.05) is 24.3 Å². The van der Waals surface area contributed by atoms with Crippen molar-refractivity contribution < 1.29 is 9.53 Å². The second kappa shape index (κ2) is 5.16. The molecule has 0 saturated carbocycles. The zero-order valence-corrected chi connectivity index (χ0v) is 10.6. The fraction of sp³-hybridized carbons (Fsp3) is 0.214. The molecule has 0 fully saturated rings. The predicted octanol–water partition coefficient (Wildman–Crippen LogP) is 0.503. The molecule has 1 atom stereocenters. The van der Waals surface area contributed by atoms with E-state index in [9.17, 15) is 9.59 Å². The van der Waals surface area contributed by atoms with E-state index in [1.54, 1.807) is 0 Å². The Bertz CT molecular complexity index is 676. The number of carbonyl (C=O) groups is 1. The van der Waals surface area contributed by atoms with E-state index in [0.29, 0.717) is 13.0 Å². The summed E-state index contributed by atoms with van der Waals surface area (Å²) in [5.41, 5.74) is 0.915. The van der Waals surface area contributed by atoms with Gasteiger partial charge >= 0.3 is 0 Å². The van der Waals surface area contributed by atoms with Crippen LogP contribution in [0.5, 0.6) is 5.75 Å². The number of fused-ring (bicyclic) bond motifs is 1. The third-order valence-electron chi connectivity index (χ3n) is 3.13. The first-order valence-corrected chi connectivity index (χ1v) is 6.30. The van der Waals surface area contributed by atoms with Crippen molar-refractivity contribution in [2.45, 2.75) is 12.5 Å². The number of carbonyl (C=O) groups excluding carboxylic acids is 1. The van der Waals surface area contributed by atoms with E-state index in [1.165, 1.54) is 12.1 Å². The molecule has 6 heteroatoms. The van der Waals surface area contributed by atoms with E-state index in [2.05, 4.69) is 15.5 Å². The predicted molar refractivity (Wildman–Crippen MR) is 71.8 cm³/mol. The number of amides is 1. The lowest BCUT2D eigenvalue weighted by atomic mass is 10.0. The van der Waals surface area contributed by atoms with Gasteiger partial charge in [-0.25, -0.2) is 5.10 Å². The van der Waals surface area contributed by atoms with E-state index < -0.39 is 0 Å². The fourth-order valence-corrected chi connectivity index (χ4v) is 2.15. The highest BCUT2D eigenvalue weighted by Crippen LogP contribution is 2.23. The molecule has 1 aliphatic heterocycles. The summed E-state index contributed by atoms with van der Waals surface area (Å²) in [5, 5.41) is 8.78. The van der Waals surface area contributed by atoms with Gasteiger partial charge in [0, 0.05) is 6.07 Å². The summed E-state index contributed by atoms with van der Waals surface area (Å²) in [6, 6.07) is 10.3. The molecule has 1 aliphatic rings. The Labute approximate surface area is 114 Å². The average molecular weight is 271 g/mol. The van der Waals surface area contributed by atoms with Gasteiger partial charge in [0.1, 0.15) is 18.1 Å². The summed E-state index contributed by atoms with van der Waals surface area (Å²) in [5.74, 6) is 0.536. The van der Waals surface area contributed by atoms with Gasteiger partial charge in [-0.2, -0.15) is 5.10 Å². The Morgan fingerprint density at radius 3 is 2.95 bits per heavy atom. The third kappa shape index (κ3) is 2.54. The number of aromatic nitrogens is 2. The second-order valence-electron chi connectivity index (χ2n) is 4.60. The molecule has 1 amide bonds. The van der Waals surface area contributed by atoms with Crippen LogP contribution in [-0.2, 0) is 6.42 Å². The van der Waals surface area contributed by atoms with Gasteiger partial charge in [0.05, 0.1) is 6.04 Å². The Morgan fingerprint density at radius 1 is 1.30 bits per heavy atom. The van der Waals surface area contributed by atoms with Crippen LogP contribution in [0.15, 0.2) is 41.2 Å². The first-order chi connectivity index (χ1) is 9.72. The van der Waals surface area contributed by atoms with Gasteiger partial charge in [0.25, 0.3) is 11.5 Å². The summed E-state index contributed by atoms with van der Waals surface area (Å²) in [6.45, 7) is 0.423. The molecular formula is C14H13N3O3. The number of benzene rings is 1. The number of nitrogens with one attached hydrogen (secondary N) is 2. The monoisotopic (exact) mass is 271 g/mol. The lowest BCUT2D eigenvalue weighted by Crippen LogP contribution is -2.43.